The number of pyridine rings is 1. The van der Waals surface area contributed by atoms with Gasteiger partial charge in [0.25, 0.3) is 0 Å². The number of rotatable bonds is 5. The molecule has 0 N–H and O–H groups in total. The maximum atomic E-state index is 12.6. The first-order valence-electron chi connectivity index (χ1n) is 9.30. The number of aryl methyl sites for hydroxylation is 1. The van der Waals surface area contributed by atoms with E-state index in [0.717, 1.165) is 36.0 Å². The number of ether oxygens (including phenoxy) is 1. The van der Waals surface area contributed by atoms with Gasteiger partial charge in [-0.05, 0) is 36.2 Å². The molecule has 1 amide bonds. The molecule has 8 heteroatoms. The van der Waals surface area contributed by atoms with E-state index in [9.17, 15) is 4.79 Å². The summed E-state index contributed by atoms with van der Waals surface area (Å²) < 4.78 is 7.13. The van der Waals surface area contributed by atoms with E-state index < -0.39 is 0 Å². The molecule has 0 saturated carbocycles. The van der Waals surface area contributed by atoms with E-state index >= 15 is 0 Å². The second-order valence-corrected chi connectivity index (χ2v) is 7.23. The number of carbonyl (C=O) groups excluding carboxylic acids is 1. The highest BCUT2D eigenvalue weighted by Gasteiger charge is 2.23. The van der Waals surface area contributed by atoms with E-state index in [2.05, 4.69) is 15.1 Å². The minimum absolute atomic E-state index is 0.177. The number of anilines is 1. The van der Waals surface area contributed by atoms with Gasteiger partial charge in [-0.1, -0.05) is 23.7 Å². The average Bonchev–Trinajstić information content (AvgIpc) is 3.15. The van der Waals surface area contributed by atoms with Crippen LogP contribution in [0.4, 0.5) is 5.95 Å². The number of hydrogen-bond acceptors (Lipinski definition) is 5. The number of aromatic nitrogens is 3. The lowest BCUT2D eigenvalue weighted by Crippen LogP contribution is -2.49. The number of piperazine rings is 1. The van der Waals surface area contributed by atoms with Crippen LogP contribution < -0.4 is 9.64 Å². The molecule has 146 valence electrons. The van der Waals surface area contributed by atoms with Crippen LogP contribution >= 0.6 is 11.6 Å². The number of halogens is 1. The summed E-state index contributed by atoms with van der Waals surface area (Å²) in [5, 5.41) is 9.11. The van der Waals surface area contributed by atoms with Crippen LogP contribution in [0.1, 0.15) is 12.0 Å². The molecule has 1 saturated heterocycles. The van der Waals surface area contributed by atoms with Gasteiger partial charge in [0.1, 0.15) is 5.75 Å². The van der Waals surface area contributed by atoms with Crippen molar-refractivity contribution in [2.75, 3.05) is 38.2 Å². The van der Waals surface area contributed by atoms with Gasteiger partial charge in [-0.2, -0.15) is 0 Å². The zero-order chi connectivity index (χ0) is 19.5. The fourth-order valence-electron chi connectivity index (χ4n) is 3.46. The predicted molar refractivity (Wildman–Crippen MR) is 108 cm³/mol. The fourth-order valence-corrected chi connectivity index (χ4v) is 3.62. The third-order valence-electron chi connectivity index (χ3n) is 5.03. The van der Waals surface area contributed by atoms with E-state index in [1.807, 2.05) is 45.8 Å². The van der Waals surface area contributed by atoms with Crippen molar-refractivity contribution >= 4 is 29.1 Å². The molecule has 1 aliphatic heterocycles. The Morgan fingerprint density at radius 3 is 2.75 bits per heavy atom. The Morgan fingerprint density at radius 1 is 1.14 bits per heavy atom. The SMILES string of the molecule is COc1cccc(CCC(=O)N2CCN(c3nnc4ccc(Cl)cn34)CC2)c1. The van der Waals surface area contributed by atoms with Gasteiger partial charge >= 0.3 is 0 Å². The summed E-state index contributed by atoms with van der Waals surface area (Å²) in [5.74, 6) is 1.76. The van der Waals surface area contributed by atoms with E-state index in [4.69, 9.17) is 16.3 Å². The van der Waals surface area contributed by atoms with Crippen LogP contribution in [0, 0.1) is 0 Å². The molecule has 0 radical (unpaired) electrons. The van der Waals surface area contributed by atoms with Crippen LogP contribution in [0.25, 0.3) is 5.65 Å². The molecule has 28 heavy (non-hydrogen) atoms. The maximum absolute atomic E-state index is 12.6. The molecule has 1 aromatic carbocycles. The summed E-state index contributed by atoms with van der Waals surface area (Å²) in [7, 11) is 1.65. The van der Waals surface area contributed by atoms with Gasteiger partial charge in [-0.15, -0.1) is 10.2 Å². The molecule has 0 atom stereocenters. The van der Waals surface area contributed by atoms with Gasteiger partial charge in [-0.3, -0.25) is 9.20 Å². The number of methoxy groups -OCH3 is 1. The molecular weight excluding hydrogens is 378 g/mol. The second kappa shape index (κ2) is 8.06. The van der Waals surface area contributed by atoms with Crippen LogP contribution in [-0.2, 0) is 11.2 Å². The Bertz CT molecular complexity index is 982. The van der Waals surface area contributed by atoms with Crippen LogP contribution in [0.5, 0.6) is 5.75 Å². The first-order valence-corrected chi connectivity index (χ1v) is 9.68. The molecule has 0 unspecified atom stereocenters. The average molecular weight is 400 g/mol. The Balaban J connectivity index is 1.34. The molecule has 4 rings (SSSR count). The van der Waals surface area contributed by atoms with E-state index in [1.165, 1.54) is 0 Å². The first kappa shape index (κ1) is 18.6. The minimum Gasteiger partial charge on any atom is -0.497 e. The van der Waals surface area contributed by atoms with E-state index in [-0.39, 0.29) is 5.91 Å². The third kappa shape index (κ3) is 3.89. The normalized spacial score (nSPS) is 14.5. The minimum atomic E-state index is 0.177. The smallest absolute Gasteiger partial charge is 0.231 e. The largest absolute Gasteiger partial charge is 0.497 e. The van der Waals surface area contributed by atoms with Crippen LogP contribution in [0.3, 0.4) is 0 Å². The number of hydrogen-bond donors (Lipinski definition) is 0. The lowest BCUT2D eigenvalue weighted by Gasteiger charge is -2.34. The summed E-state index contributed by atoms with van der Waals surface area (Å²) in [5.41, 5.74) is 1.87. The predicted octanol–water partition coefficient (Wildman–Crippen LogP) is 2.67. The topological polar surface area (TPSA) is 63.0 Å². The van der Waals surface area contributed by atoms with Crippen LogP contribution in [-0.4, -0.2) is 58.7 Å². The number of amides is 1. The van der Waals surface area contributed by atoms with Crippen molar-refractivity contribution in [2.45, 2.75) is 12.8 Å². The number of carbonyl (C=O) groups is 1. The third-order valence-corrected chi connectivity index (χ3v) is 5.25. The molecule has 3 heterocycles. The Kier molecular flexibility index (Phi) is 5.34. The summed E-state index contributed by atoms with van der Waals surface area (Å²) in [6, 6.07) is 11.5. The van der Waals surface area contributed by atoms with Gasteiger partial charge in [0.2, 0.25) is 11.9 Å². The zero-order valence-electron chi connectivity index (χ0n) is 15.7. The lowest BCUT2D eigenvalue weighted by molar-refractivity contribution is -0.131. The van der Waals surface area contributed by atoms with Crippen molar-refractivity contribution in [3.05, 3.63) is 53.2 Å². The summed E-state index contributed by atoms with van der Waals surface area (Å²) in [6.45, 7) is 2.79. The first-order chi connectivity index (χ1) is 13.6. The summed E-state index contributed by atoms with van der Waals surface area (Å²) >= 11 is 6.10. The molecule has 3 aromatic rings. The van der Waals surface area contributed by atoms with E-state index in [1.54, 1.807) is 13.2 Å². The highest BCUT2D eigenvalue weighted by atomic mass is 35.5. The quantitative estimate of drug-likeness (QED) is 0.660. The lowest BCUT2D eigenvalue weighted by atomic mass is 10.1. The van der Waals surface area contributed by atoms with Crippen molar-refractivity contribution in [1.29, 1.82) is 0 Å². The fraction of sp³-hybridized carbons (Fsp3) is 0.350. The van der Waals surface area contributed by atoms with Gasteiger partial charge in [-0.25, -0.2) is 0 Å². The maximum Gasteiger partial charge on any atom is 0.231 e. The van der Waals surface area contributed by atoms with Gasteiger partial charge in [0.15, 0.2) is 5.65 Å². The highest BCUT2D eigenvalue weighted by Crippen LogP contribution is 2.19. The Morgan fingerprint density at radius 2 is 1.96 bits per heavy atom. The Labute approximate surface area is 168 Å². The molecule has 7 nitrogen and oxygen atoms in total. The van der Waals surface area contributed by atoms with Gasteiger partial charge < -0.3 is 14.5 Å². The standard InChI is InChI=1S/C20H22ClN5O2/c1-28-17-4-2-3-15(13-17)5-8-19(27)24-9-11-25(12-10-24)20-23-22-18-7-6-16(21)14-26(18)20/h2-4,6-7,13-14H,5,8-12H2,1H3. The molecular formula is C20H22ClN5O2. The summed E-state index contributed by atoms with van der Waals surface area (Å²) in [6.07, 6.45) is 3.03. The number of benzene rings is 1. The van der Waals surface area contributed by atoms with Crippen molar-refractivity contribution in [1.82, 2.24) is 19.5 Å². The number of nitrogens with zero attached hydrogens (tertiary/aromatic N) is 5. The highest BCUT2D eigenvalue weighted by molar-refractivity contribution is 6.30. The van der Waals surface area contributed by atoms with Crippen molar-refractivity contribution in [2.24, 2.45) is 0 Å². The van der Waals surface area contributed by atoms with Crippen LogP contribution in [0.15, 0.2) is 42.6 Å². The van der Waals surface area contributed by atoms with Crippen molar-refractivity contribution in [3.8, 4) is 5.75 Å². The molecule has 0 aliphatic carbocycles. The molecule has 1 aliphatic rings. The van der Waals surface area contributed by atoms with Gasteiger partial charge in [0.05, 0.1) is 12.1 Å². The second-order valence-electron chi connectivity index (χ2n) is 6.79. The molecule has 0 spiro atoms. The summed E-state index contributed by atoms with van der Waals surface area (Å²) in [4.78, 5) is 16.7. The van der Waals surface area contributed by atoms with Crippen molar-refractivity contribution < 1.29 is 9.53 Å². The van der Waals surface area contributed by atoms with Crippen LogP contribution in [0.2, 0.25) is 5.02 Å². The zero-order valence-corrected chi connectivity index (χ0v) is 16.5. The van der Waals surface area contributed by atoms with Crippen molar-refractivity contribution in [3.63, 3.8) is 0 Å². The van der Waals surface area contributed by atoms with Gasteiger partial charge in [0, 0.05) is 38.8 Å². The molecule has 0 bridgehead atoms. The number of fused-ring (bicyclic) bond motifs is 1. The Hall–Kier alpha value is -2.80. The monoisotopic (exact) mass is 399 g/mol. The molecule has 2 aromatic heterocycles. The van der Waals surface area contributed by atoms with E-state index in [0.29, 0.717) is 31.0 Å². The molecule has 1 fully saturated rings.